The van der Waals surface area contributed by atoms with Gasteiger partial charge in [-0.2, -0.15) is 5.26 Å². The van der Waals surface area contributed by atoms with Gasteiger partial charge in [0.2, 0.25) is 0 Å². The number of anilines is 1. The molecule has 2 aromatic carbocycles. The van der Waals surface area contributed by atoms with Gasteiger partial charge in [0.15, 0.2) is 0 Å². The molecule has 0 saturated heterocycles. The van der Waals surface area contributed by atoms with E-state index in [2.05, 4.69) is 42.3 Å². The van der Waals surface area contributed by atoms with E-state index in [0.29, 0.717) is 29.1 Å². The average molecular weight is 380 g/mol. The molecule has 0 radical (unpaired) electrons. The Labute approximate surface area is 169 Å². The van der Waals surface area contributed by atoms with E-state index in [1.54, 1.807) is 13.0 Å². The van der Waals surface area contributed by atoms with E-state index in [0.717, 1.165) is 22.4 Å². The van der Waals surface area contributed by atoms with Crippen LogP contribution in [0, 0.1) is 32.1 Å². The van der Waals surface area contributed by atoms with Gasteiger partial charge >= 0.3 is 0 Å². The van der Waals surface area contributed by atoms with Crippen LogP contribution in [-0.2, 0) is 6.54 Å². The molecule has 0 unspecified atom stereocenters. The number of aryl methyl sites for hydroxylation is 3. The van der Waals surface area contributed by atoms with Gasteiger partial charge in [0.05, 0.1) is 17.8 Å². The Morgan fingerprint density at radius 3 is 2.59 bits per heavy atom. The number of fused-ring (bicyclic) bond motifs is 1. The first kappa shape index (κ1) is 18.6. The summed E-state index contributed by atoms with van der Waals surface area (Å²) in [5, 5.41) is 11.9. The largest absolute Gasteiger partial charge is 0.321 e. The number of rotatable bonds is 3. The molecule has 2 heterocycles. The first-order valence-electron chi connectivity index (χ1n) is 9.40. The zero-order chi connectivity index (χ0) is 20.5. The lowest BCUT2D eigenvalue weighted by Gasteiger charge is -2.11. The monoisotopic (exact) mass is 380 g/mol. The Bertz CT molecular complexity index is 1220. The highest BCUT2D eigenvalue weighted by molar-refractivity contribution is 6.16. The van der Waals surface area contributed by atoms with Crippen molar-refractivity contribution in [2.75, 3.05) is 5.32 Å². The highest BCUT2D eigenvalue weighted by Gasteiger charge is 2.19. The van der Waals surface area contributed by atoms with E-state index in [-0.39, 0.29) is 5.91 Å². The maximum Gasteiger partial charge on any atom is 0.274 e. The number of aromatic nitrogens is 1. The molecule has 1 N–H and O–H groups in total. The molecule has 5 nitrogen and oxygen atoms in total. The van der Waals surface area contributed by atoms with Gasteiger partial charge in [-0.15, -0.1) is 0 Å². The summed E-state index contributed by atoms with van der Waals surface area (Å²) in [5.74, 6) is -0.297. The molecule has 1 aromatic heterocycles. The van der Waals surface area contributed by atoms with Gasteiger partial charge < -0.3 is 5.32 Å². The SMILES string of the molecule is Cc1ccc(C2=NCc3ccc(NC(=O)c4ncc(C#N)cc4C)cc32)cc1C. The third kappa shape index (κ3) is 3.53. The number of nitrogens with zero attached hydrogens (tertiary/aromatic N) is 3. The molecule has 29 heavy (non-hydrogen) atoms. The lowest BCUT2D eigenvalue weighted by molar-refractivity contribution is 0.102. The van der Waals surface area contributed by atoms with Gasteiger partial charge in [-0.1, -0.05) is 18.2 Å². The molecular formula is C24H20N4O. The number of carbonyl (C=O) groups excluding carboxylic acids is 1. The van der Waals surface area contributed by atoms with Crippen molar-refractivity contribution in [1.29, 1.82) is 5.26 Å². The van der Waals surface area contributed by atoms with Crippen molar-refractivity contribution >= 4 is 17.3 Å². The van der Waals surface area contributed by atoms with Crippen LogP contribution in [0.2, 0.25) is 0 Å². The fourth-order valence-electron chi connectivity index (χ4n) is 3.46. The Morgan fingerprint density at radius 1 is 1.03 bits per heavy atom. The van der Waals surface area contributed by atoms with Crippen LogP contribution in [0.4, 0.5) is 5.69 Å². The quantitative estimate of drug-likeness (QED) is 0.727. The Hall–Kier alpha value is -3.78. The van der Waals surface area contributed by atoms with Crippen molar-refractivity contribution in [3.63, 3.8) is 0 Å². The summed E-state index contributed by atoms with van der Waals surface area (Å²) in [4.78, 5) is 21.5. The van der Waals surface area contributed by atoms with E-state index in [9.17, 15) is 4.79 Å². The summed E-state index contributed by atoms with van der Waals surface area (Å²) >= 11 is 0. The smallest absolute Gasteiger partial charge is 0.274 e. The number of carbonyl (C=O) groups is 1. The summed E-state index contributed by atoms with van der Waals surface area (Å²) < 4.78 is 0. The van der Waals surface area contributed by atoms with Gasteiger partial charge in [-0.3, -0.25) is 9.79 Å². The number of pyridine rings is 1. The number of benzene rings is 2. The lowest BCUT2D eigenvalue weighted by atomic mass is 9.97. The van der Waals surface area contributed by atoms with Crippen LogP contribution >= 0.6 is 0 Å². The van der Waals surface area contributed by atoms with Gasteiger partial charge in [0, 0.05) is 23.0 Å². The minimum absolute atomic E-state index is 0.297. The van der Waals surface area contributed by atoms with Crippen LogP contribution in [0.25, 0.3) is 0 Å². The van der Waals surface area contributed by atoms with Crippen molar-refractivity contribution in [1.82, 2.24) is 4.98 Å². The Kier molecular flexibility index (Phi) is 4.69. The molecule has 0 aliphatic carbocycles. The third-order valence-electron chi connectivity index (χ3n) is 5.23. The van der Waals surface area contributed by atoms with Crippen LogP contribution in [-0.4, -0.2) is 16.6 Å². The molecule has 0 spiro atoms. The molecule has 1 aliphatic heterocycles. The molecule has 1 aliphatic rings. The second kappa shape index (κ2) is 7.33. The maximum atomic E-state index is 12.7. The van der Waals surface area contributed by atoms with Crippen LogP contribution in [0.5, 0.6) is 0 Å². The normalized spacial score (nSPS) is 12.1. The molecule has 3 aromatic rings. The number of aliphatic imine (C=N–C) groups is 1. The van der Waals surface area contributed by atoms with E-state index in [4.69, 9.17) is 10.3 Å². The van der Waals surface area contributed by atoms with Crippen LogP contribution < -0.4 is 5.32 Å². The van der Waals surface area contributed by atoms with Gasteiger partial charge in [-0.25, -0.2) is 4.98 Å². The summed E-state index contributed by atoms with van der Waals surface area (Å²) in [7, 11) is 0. The summed E-state index contributed by atoms with van der Waals surface area (Å²) in [6.07, 6.45) is 1.41. The molecular weight excluding hydrogens is 360 g/mol. The number of hydrogen-bond acceptors (Lipinski definition) is 4. The fraction of sp³-hybridized carbons (Fsp3) is 0.167. The molecule has 0 atom stereocenters. The standard InChI is InChI=1S/C24H20N4O/c1-14-4-5-18(9-15(14)2)23-21-10-20(7-6-19(21)13-27-23)28-24(29)22-16(3)8-17(11-25)12-26-22/h4-10,12H,13H2,1-3H3,(H,28,29). The Morgan fingerprint density at radius 2 is 1.86 bits per heavy atom. The first-order valence-corrected chi connectivity index (χ1v) is 9.40. The van der Waals surface area contributed by atoms with Gasteiger partial charge in [-0.05, 0) is 67.3 Å². The van der Waals surface area contributed by atoms with E-state index >= 15 is 0 Å². The zero-order valence-corrected chi connectivity index (χ0v) is 16.6. The fourth-order valence-corrected chi connectivity index (χ4v) is 3.46. The molecule has 5 heteroatoms. The molecule has 0 fully saturated rings. The number of amides is 1. The first-order chi connectivity index (χ1) is 14.0. The van der Waals surface area contributed by atoms with E-state index in [1.165, 1.54) is 17.3 Å². The second-order valence-corrected chi connectivity index (χ2v) is 7.29. The van der Waals surface area contributed by atoms with E-state index < -0.39 is 0 Å². The molecule has 4 rings (SSSR count). The van der Waals surface area contributed by atoms with Crippen molar-refractivity contribution < 1.29 is 4.79 Å². The lowest BCUT2D eigenvalue weighted by Crippen LogP contribution is -2.16. The third-order valence-corrected chi connectivity index (χ3v) is 5.23. The second-order valence-electron chi connectivity index (χ2n) is 7.29. The molecule has 142 valence electrons. The maximum absolute atomic E-state index is 12.7. The number of hydrogen-bond donors (Lipinski definition) is 1. The van der Waals surface area contributed by atoms with Crippen LogP contribution in [0.1, 0.15) is 49.4 Å². The summed E-state index contributed by atoms with van der Waals surface area (Å²) in [6.45, 7) is 6.60. The summed E-state index contributed by atoms with van der Waals surface area (Å²) in [6, 6.07) is 15.9. The minimum atomic E-state index is -0.297. The topological polar surface area (TPSA) is 78.1 Å². The molecule has 1 amide bonds. The van der Waals surface area contributed by atoms with Gasteiger partial charge in [0.1, 0.15) is 11.8 Å². The van der Waals surface area contributed by atoms with Crippen molar-refractivity contribution in [2.45, 2.75) is 27.3 Å². The number of nitrogens with one attached hydrogen (secondary N) is 1. The Balaban J connectivity index is 1.62. The predicted molar refractivity (Wildman–Crippen MR) is 113 cm³/mol. The highest BCUT2D eigenvalue weighted by Crippen LogP contribution is 2.27. The highest BCUT2D eigenvalue weighted by atomic mass is 16.1. The molecule has 0 bridgehead atoms. The predicted octanol–water partition coefficient (Wildman–Crippen LogP) is 4.48. The van der Waals surface area contributed by atoms with Crippen molar-refractivity contribution in [3.8, 4) is 6.07 Å². The minimum Gasteiger partial charge on any atom is -0.321 e. The van der Waals surface area contributed by atoms with Crippen molar-refractivity contribution in [2.24, 2.45) is 4.99 Å². The van der Waals surface area contributed by atoms with Crippen LogP contribution in [0.15, 0.2) is 53.7 Å². The van der Waals surface area contributed by atoms with Gasteiger partial charge in [0.25, 0.3) is 5.91 Å². The van der Waals surface area contributed by atoms with E-state index in [1.807, 2.05) is 24.3 Å². The number of nitriles is 1. The zero-order valence-electron chi connectivity index (χ0n) is 16.6. The average Bonchev–Trinajstić information content (AvgIpc) is 3.13. The molecule has 0 saturated carbocycles. The van der Waals surface area contributed by atoms with Crippen molar-refractivity contribution in [3.05, 3.63) is 93.3 Å². The summed E-state index contributed by atoms with van der Waals surface area (Å²) in [5.41, 5.74) is 8.80. The van der Waals surface area contributed by atoms with Crippen LogP contribution in [0.3, 0.4) is 0 Å².